The molecule has 0 N–H and O–H groups in total. The molecule has 0 fully saturated rings. The Labute approximate surface area is 101 Å². The molecule has 18 heavy (non-hydrogen) atoms. The summed E-state index contributed by atoms with van der Waals surface area (Å²) in [6.45, 7) is 0. The van der Waals surface area contributed by atoms with E-state index in [0.717, 1.165) is 18.2 Å². The highest BCUT2D eigenvalue weighted by molar-refractivity contribution is 6.57. The van der Waals surface area contributed by atoms with E-state index in [2.05, 4.69) is 0 Å². The average molecular weight is 258 g/mol. The standard InChI is InChI=1S/C12H8BF5/c14-7-2-1-3-12(18,6-7)13-11-9(16)4-8(15)5-10(11)17/h1-5,13H,6H2. The van der Waals surface area contributed by atoms with Gasteiger partial charge in [0.05, 0.1) is 0 Å². The van der Waals surface area contributed by atoms with E-state index in [1.807, 2.05) is 0 Å². The molecule has 2 rings (SSSR count). The fourth-order valence-corrected chi connectivity index (χ4v) is 1.88. The first kappa shape index (κ1) is 12.9. The molecule has 1 aliphatic rings. The zero-order valence-electron chi connectivity index (χ0n) is 9.19. The molecule has 0 spiro atoms. The fourth-order valence-electron chi connectivity index (χ4n) is 1.88. The molecule has 1 atom stereocenters. The van der Waals surface area contributed by atoms with Crippen molar-refractivity contribution in [3.63, 3.8) is 0 Å². The number of alkyl halides is 1. The molecule has 1 aromatic carbocycles. The molecule has 1 aromatic rings. The Kier molecular flexibility index (Phi) is 3.28. The van der Waals surface area contributed by atoms with Crippen molar-refractivity contribution in [2.75, 3.05) is 0 Å². The summed E-state index contributed by atoms with van der Waals surface area (Å²) in [6.07, 6.45) is 2.69. The Morgan fingerprint density at radius 1 is 1.06 bits per heavy atom. The van der Waals surface area contributed by atoms with Gasteiger partial charge in [-0.1, -0.05) is 12.2 Å². The summed E-state index contributed by atoms with van der Waals surface area (Å²) in [6, 6.07) is 0.945. The first-order chi connectivity index (χ1) is 8.39. The van der Waals surface area contributed by atoms with E-state index < -0.39 is 48.0 Å². The van der Waals surface area contributed by atoms with Crippen molar-refractivity contribution in [2.24, 2.45) is 0 Å². The van der Waals surface area contributed by atoms with Crippen LogP contribution in [0.3, 0.4) is 0 Å². The second kappa shape index (κ2) is 4.59. The van der Waals surface area contributed by atoms with Crippen LogP contribution in [-0.2, 0) is 0 Å². The minimum absolute atomic E-state index is 0.473. The number of rotatable bonds is 2. The zero-order chi connectivity index (χ0) is 13.3. The molecular formula is C12H8BF5. The van der Waals surface area contributed by atoms with Gasteiger partial charge >= 0.3 is 0 Å². The minimum atomic E-state index is -2.20. The molecule has 0 bridgehead atoms. The Morgan fingerprint density at radius 2 is 1.67 bits per heavy atom. The normalized spacial score (nSPS) is 22.8. The highest BCUT2D eigenvalue weighted by Gasteiger charge is 2.34. The van der Waals surface area contributed by atoms with Crippen molar-refractivity contribution in [3.8, 4) is 0 Å². The number of hydrogen-bond acceptors (Lipinski definition) is 0. The molecule has 1 unspecified atom stereocenters. The van der Waals surface area contributed by atoms with Gasteiger partial charge in [0.15, 0.2) is 0 Å². The van der Waals surface area contributed by atoms with E-state index in [0.29, 0.717) is 12.1 Å². The summed E-state index contributed by atoms with van der Waals surface area (Å²) in [4.78, 5) is 0. The number of hydrogen-bond donors (Lipinski definition) is 0. The topological polar surface area (TPSA) is 0 Å². The fraction of sp³-hybridized carbons (Fsp3) is 0.167. The second-order valence-corrected chi connectivity index (χ2v) is 4.21. The molecule has 0 aromatic heterocycles. The molecule has 0 heterocycles. The Hall–Kier alpha value is -1.59. The van der Waals surface area contributed by atoms with Gasteiger partial charge < -0.3 is 0 Å². The highest BCUT2D eigenvalue weighted by atomic mass is 19.2. The van der Waals surface area contributed by atoms with Gasteiger partial charge in [0, 0.05) is 18.6 Å². The summed E-state index contributed by atoms with van der Waals surface area (Å²) in [5, 5.41) is 0. The van der Waals surface area contributed by atoms with Gasteiger partial charge in [-0.25, -0.2) is 22.0 Å². The third kappa shape index (κ3) is 2.63. The Bertz CT molecular complexity index is 514. The van der Waals surface area contributed by atoms with Gasteiger partial charge in [0.2, 0.25) is 7.28 Å². The lowest BCUT2D eigenvalue weighted by Gasteiger charge is -2.22. The van der Waals surface area contributed by atoms with Crippen LogP contribution in [0.2, 0.25) is 0 Å². The van der Waals surface area contributed by atoms with Crippen LogP contribution >= 0.6 is 0 Å². The van der Waals surface area contributed by atoms with Crippen LogP contribution in [0.5, 0.6) is 0 Å². The van der Waals surface area contributed by atoms with E-state index >= 15 is 0 Å². The second-order valence-electron chi connectivity index (χ2n) is 4.21. The third-order valence-corrected chi connectivity index (χ3v) is 2.71. The van der Waals surface area contributed by atoms with Gasteiger partial charge in [-0.3, -0.25) is 0 Å². The van der Waals surface area contributed by atoms with Gasteiger partial charge in [0.25, 0.3) is 0 Å². The van der Waals surface area contributed by atoms with Crippen molar-refractivity contribution in [2.45, 2.75) is 12.0 Å². The molecule has 0 saturated carbocycles. The smallest absolute Gasteiger partial charge is 0.216 e. The molecule has 0 saturated heterocycles. The lowest BCUT2D eigenvalue weighted by atomic mass is 9.54. The lowest BCUT2D eigenvalue weighted by Crippen LogP contribution is -2.41. The summed E-state index contributed by atoms with van der Waals surface area (Å²) >= 11 is 0. The number of halogens is 5. The molecule has 1 aliphatic carbocycles. The highest BCUT2D eigenvalue weighted by Crippen LogP contribution is 2.27. The molecule has 0 amide bonds. The van der Waals surface area contributed by atoms with Gasteiger partial charge in [-0.2, -0.15) is 0 Å². The first-order valence-electron chi connectivity index (χ1n) is 5.26. The SMILES string of the molecule is FC1=CC=CC(F)(Bc2c(F)cc(F)cc2F)C1. The van der Waals surface area contributed by atoms with Crippen LogP contribution in [0.25, 0.3) is 0 Å². The average Bonchev–Trinajstić information content (AvgIpc) is 2.23. The predicted octanol–water partition coefficient (Wildman–Crippen LogP) is 2.64. The maximum Gasteiger partial charge on any atom is 0.216 e. The van der Waals surface area contributed by atoms with Crippen molar-refractivity contribution in [1.29, 1.82) is 0 Å². The molecule has 94 valence electrons. The molecule has 6 heteroatoms. The van der Waals surface area contributed by atoms with Crippen LogP contribution in [0.1, 0.15) is 6.42 Å². The number of allylic oxidation sites excluding steroid dienone is 4. The minimum Gasteiger partial charge on any atom is -0.248 e. The van der Waals surface area contributed by atoms with Crippen molar-refractivity contribution < 1.29 is 22.0 Å². The van der Waals surface area contributed by atoms with E-state index in [-0.39, 0.29) is 0 Å². The number of benzene rings is 1. The molecule has 0 radical (unpaired) electrons. The molecule has 0 aliphatic heterocycles. The first-order valence-corrected chi connectivity index (χ1v) is 5.26. The van der Waals surface area contributed by atoms with Gasteiger partial charge in [-0.05, 0) is 11.5 Å². The van der Waals surface area contributed by atoms with Crippen LogP contribution in [0.15, 0.2) is 36.2 Å². The monoisotopic (exact) mass is 258 g/mol. The maximum atomic E-state index is 14.2. The van der Waals surface area contributed by atoms with E-state index in [1.54, 1.807) is 0 Å². The summed E-state index contributed by atoms with van der Waals surface area (Å²) in [7, 11) is -0.678. The van der Waals surface area contributed by atoms with E-state index in [9.17, 15) is 22.0 Å². The summed E-state index contributed by atoms with van der Waals surface area (Å²) in [5.41, 5.74) is -2.78. The summed E-state index contributed by atoms with van der Waals surface area (Å²) < 4.78 is 66.5. The van der Waals surface area contributed by atoms with Crippen molar-refractivity contribution in [1.82, 2.24) is 0 Å². The van der Waals surface area contributed by atoms with Crippen LogP contribution < -0.4 is 5.46 Å². The van der Waals surface area contributed by atoms with Gasteiger partial charge in [-0.15, -0.1) is 0 Å². The predicted molar refractivity (Wildman–Crippen MR) is 59.9 cm³/mol. The summed E-state index contributed by atoms with van der Waals surface area (Å²) in [5.74, 6) is -4.13. The van der Waals surface area contributed by atoms with Crippen LogP contribution in [0.4, 0.5) is 22.0 Å². The quantitative estimate of drug-likeness (QED) is 0.565. The van der Waals surface area contributed by atoms with Crippen LogP contribution in [0, 0.1) is 17.5 Å². The Morgan fingerprint density at radius 3 is 2.22 bits per heavy atom. The molecule has 0 nitrogen and oxygen atoms in total. The molecular weight excluding hydrogens is 250 g/mol. The largest absolute Gasteiger partial charge is 0.248 e. The maximum absolute atomic E-state index is 14.2. The lowest BCUT2D eigenvalue weighted by molar-refractivity contribution is 0.316. The third-order valence-electron chi connectivity index (χ3n) is 2.71. The van der Waals surface area contributed by atoms with Crippen molar-refractivity contribution in [3.05, 3.63) is 53.6 Å². The Balaban J connectivity index is 2.30. The van der Waals surface area contributed by atoms with E-state index in [1.165, 1.54) is 0 Å². The van der Waals surface area contributed by atoms with Crippen LogP contribution in [-0.4, -0.2) is 12.8 Å². The van der Waals surface area contributed by atoms with Crippen molar-refractivity contribution >= 4 is 12.7 Å². The van der Waals surface area contributed by atoms with Gasteiger partial charge in [0.1, 0.15) is 28.8 Å². The van der Waals surface area contributed by atoms with E-state index in [4.69, 9.17) is 0 Å². The zero-order valence-corrected chi connectivity index (χ0v) is 9.19.